The number of carbonyl (C=O) groups excluding carboxylic acids is 2. The monoisotopic (exact) mass is 198 g/mol. The highest BCUT2D eigenvalue weighted by atomic mass is 16.5. The molecule has 0 fully saturated rings. The summed E-state index contributed by atoms with van der Waals surface area (Å²) in [6.45, 7) is 7.39. The number of hydrogen-bond acceptors (Lipinski definition) is 3. The van der Waals surface area contributed by atoms with E-state index in [1.165, 1.54) is 6.08 Å². The van der Waals surface area contributed by atoms with Crippen molar-refractivity contribution in [2.45, 2.75) is 34.1 Å². The molecular weight excluding hydrogens is 180 g/mol. The molecule has 0 atom stereocenters. The van der Waals surface area contributed by atoms with E-state index in [9.17, 15) is 9.59 Å². The Morgan fingerprint density at radius 3 is 2.36 bits per heavy atom. The number of allylic oxidation sites excluding steroid dienone is 1. The Labute approximate surface area is 85.1 Å². The molecule has 3 heteroatoms. The molecule has 0 aliphatic heterocycles. The quantitative estimate of drug-likeness (QED) is 0.502. The van der Waals surface area contributed by atoms with Gasteiger partial charge in [-0.25, -0.2) is 4.79 Å². The van der Waals surface area contributed by atoms with E-state index in [0.717, 1.165) is 0 Å². The second-order valence-electron chi connectivity index (χ2n) is 3.80. The van der Waals surface area contributed by atoms with Crippen molar-refractivity contribution in [3.8, 4) is 0 Å². The highest BCUT2D eigenvalue weighted by molar-refractivity contribution is 5.83. The molecule has 0 N–H and O–H groups in total. The van der Waals surface area contributed by atoms with Gasteiger partial charge in [0.25, 0.3) is 0 Å². The van der Waals surface area contributed by atoms with Crippen LogP contribution in [0, 0.1) is 5.41 Å². The summed E-state index contributed by atoms with van der Waals surface area (Å²) in [6.07, 6.45) is 3.61. The average molecular weight is 198 g/mol. The Morgan fingerprint density at radius 1 is 1.36 bits per heavy atom. The van der Waals surface area contributed by atoms with Crippen LogP contribution in [0.4, 0.5) is 0 Å². The molecule has 80 valence electrons. The first-order valence-corrected chi connectivity index (χ1v) is 4.74. The van der Waals surface area contributed by atoms with Gasteiger partial charge in [-0.1, -0.05) is 19.9 Å². The lowest BCUT2D eigenvalue weighted by atomic mass is 9.85. The molecule has 0 aromatic carbocycles. The third-order valence-electron chi connectivity index (χ3n) is 2.12. The van der Waals surface area contributed by atoms with Crippen molar-refractivity contribution in [3.05, 3.63) is 12.2 Å². The number of ether oxygens (including phenoxy) is 1. The van der Waals surface area contributed by atoms with E-state index in [2.05, 4.69) is 0 Å². The largest absolute Gasteiger partial charge is 0.463 e. The van der Waals surface area contributed by atoms with Crippen LogP contribution in [0.3, 0.4) is 0 Å². The van der Waals surface area contributed by atoms with Crippen molar-refractivity contribution in [2.75, 3.05) is 6.61 Å². The highest BCUT2D eigenvalue weighted by Crippen LogP contribution is 2.21. The first kappa shape index (κ1) is 12.9. The summed E-state index contributed by atoms with van der Waals surface area (Å²) in [5, 5.41) is 0. The fourth-order valence-electron chi connectivity index (χ4n) is 0.784. The van der Waals surface area contributed by atoms with Crippen molar-refractivity contribution in [2.24, 2.45) is 5.41 Å². The maximum Gasteiger partial charge on any atom is 0.330 e. The van der Waals surface area contributed by atoms with Crippen molar-refractivity contribution < 1.29 is 14.3 Å². The number of hydrogen-bond donors (Lipinski definition) is 0. The molecular formula is C11H18O3. The maximum atomic E-state index is 11.1. The SMILES string of the molecule is CCOC(=O)/C=C/CC(C)(C)C(C)=O. The van der Waals surface area contributed by atoms with Crippen molar-refractivity contribution in [3.63, 3.8) is 0 Å². The molecule has 0 aromatic rings. The standard InChI is InChI=1S/C11H18O3/c1-5-14-10(13)7-6-8-11(3,4)9(2)12/h6-7H,5,8H2,1-4H3/b7-6+. The average Bonchev–Trinajstić information content (AvgIpc) is 2.04. The second-order valence-corrected chi connectivity index (χ2v) is 3.80. The predicted molar refractivity (Wildman–Crippen MR) is 54.9 cm³/mol. The van der Waals surface area contributed by atoms with Crippen LogP contribution in [-0.4, -0.2) is 18.4 Å². The molecule has 0 spiro atoms. The Bertz CT molecular complexity index is 239. The van der Waals surface area contributed by atoms with Crippen LogP contribution in [0.1, 0.15) is 34.1 Å². The van der Waals surface area contributed by atoms with E-state index >= 15 is 0 Å². The number of esters is 1. The molecule has 0 saturated heterocycles. The van der Waals surface area contributed by atoms with Crippen LogP contribution >= 0.6 is 0 Å². The van der Waals surface area contributed by atoms with Crippen LogP contribution in [0.25, 0.3) is 0 Å². The van der Waals surface area contributed by atoms with Gasteiger partial charge in [-0.15, -0.1) is 0 Å². The Morgan fingerprint density at radius 2 is 1.93 bits per heavy atom. The molecule has 0 rings (SSSR count). The van der Waals surface area contributed by atoms with Crippen LogP contribution in [0.15, 0.2) is 12.2 Å². The predicted octanol–water partition coefficient (Wildman–Crippen LogP) is 2.11. The van der Waals surface area contributed by atoms with Gasteiger partial charge >= 0.3 is 5.97 Å². The summed E-state index contributed by atoms with van der Waals surface area (Å²) in [5.41, 5.74) is -0.400. The third-order valence-corrected chi connectivity index (χ3v) is 2.12. The summed E-state index contributed by atoms with van der Waals surface area (Å²) in [4.78, 5) is 22.0. The number of carbonyl (C=O) groups is 2. The summed E-state index contributed by atoms with van der Waals surface area (Å²) < 4.78 is 4.71. The van der Waals surface area contributed by atoms with Gasteiger partial charge in [0, 0.05) is 11.5 Å². The number of rotatable bonds is 5. The summed E-state index contributed by atoms with van der Waals surface area (Å²) >= 11 is 0. The normalized spacial score (nSPS) is 11.7. The van der Waals surface area contributed by atoms with Gasteiger partial charge in [-0.05, 0) is 20.3 Å². The van der Waals surface area contributed by atoms with Crippen LogP contribution in [0.2, 0.25) is 0 Å². The number of Topliss-reactive ketones (excluding diaryl/α,β-unsaturated/α-hetero) is 1. The molecule has 0 radical (unpaired) electrons. The van der Waals surface area contributed by atoms with Crippen LogP contribution in [0.5, 0.6) is 0 Å². The molecule has 0 unspecified atom stereocenters. The second kappa shape index (κ2) is 5.58. The maximum absolute atomic E-state index is 11.1. The Hall–Kier alpha value is -1.12. The van der Waals surface area contributed by atoms with Crippen LogP contribution < -0.4 is 0 Å². The molecule has 0 saturated carbocycles. The van der Waals surface area contributed by atoms with E-state index in [0.29, 0.717) is 13.0 Å². The van der Waals surface area contributed by atoms with E-state index in [1.54, 1.807) is 19.9 Å². The van der Waals surface area contributed by atoms with Crippen molar-refractivity contribution in [1.29, 1.82) is 0 Å². The van der Waals surface area contributed by atoms with Gasteiger partial charge in [0.05, 0.1) is 6.61 Å². The minimum Gasteiger partial charge on any atom is -0.463 e. The Kier molecular flexibility index (Phi) is 5.13. The lowest BCUT2D eigenvalue weighted by molar-refractivity contribution is -0.137. The minimum absolute atomic E-state index is 0.117. The van der Waals surface area contributed by atoms with Gasteiger partial charge in [-0.3, -0.25) is 4.79 Å². The lowest BCUT2D eigenvalue weighted by Crippen LogP contribution is -2.20. The van der Waals surface area contributed by atoms with Crippen molar-refractivity contribution in [1.82, 2.24) is 0 Å². The molecule has 3 nitrogen and oxygen atoms in total. The third kappa shape index (κ3) is 4.80. The summed E-state index contributed by atoms with van der Waals surface area (Å²) in [6, 6.07) is 0. The van der Waals surface area contributed by atoms with Crippen molar-refractivity contribution >= 4 is 11.8 Å². The van der Waals surface area contributed by atoms with Gasteiger partial charge in [0.1, 0.15) is 5.78 Å². The lowest BCUT2D eigenvalue weighted by Gasteiger charge is -2.18. The fraction of sp³-hybridized carbons (Fsp3) is 0.636. The van der Waals surface area contributed by atoms with Gasteiger partial charge in [0.2, 0.25) is 0 Å². The molecule has 0 amide bonds. The zero-order valence-corrected chi connectivity index (χ0v) is 9.29. The minimum atomic E-state index is -0.400. The number of ketones is 1. The first-order valence-electron chi connectivity index (χ1n) is 4.74. The zero-order valence-electron chi connectivity index (χ0n) is 9.29. The van der Waals surface area contributed by atoms with Gasteiger partial charge in [-0.2, -0.15) is 0 Å². The molecule has 0 aliphatic carbocycles. The van der Waals surface area contributed by atoms with E-state index < -0.39 is 5.41 Å². The van der Waals surface area contributed by atoms with E-state index in [-0.39, 0.29) is 11.8 Å². The molecule has 0 aliphatic rings. The zero-order chi connectivity index (χ0) is 11.2. The highest BCUT2D eigenvalue weighted by Gasteiger charge is 2.21. The van der Waals surface area contributed by atoms with Gasteiger partial charge < -0.3 is 4.74 Å². The topological polar surface area (TPSA) is 43.4 Å². The smallest absolute Gasteiger partial charge is 0.330 e. The fourth-order valence-corrected chi connectivity index (χ4v) is 0.784. The molecule has 0 heterocycles. The molecule has 0 bridgehead atoms. The summed E-state index contributed by atoms with van der Waals surface area (Å²) in [5.74, 6) is -0.238. The molecule has 0 aromatic heterocycles. The first-order chi connectivity index (χ1) is 6.40. The van der Waals surface area contributed by atoms with Gasteiger partial charge in [0.15, 0.2) is 0 Å². The molecule has 14 heavy (non-hydrogen) atoms. The summed E-state index contributed by atoms with van der Waals surface area (Å²) in [7, 11) is 0. The Balaban J connectivity index is 4.05. The van der Waals surface area contributed by atoms with E-state index in [1.807, 2.05) is 13.8 Å². The van der Waals surface area contributed by atoms with Crippen LogP contribution in [-0.2, 0) is 14.3 Å². The van der Waals surface area contributed by atoms with E-state index in [4.69, 9.17) is 4.74 Å².